The van der Waals surface area contributed by atoms with Crippen LogP contribution in [0.15, 0.2) is 91.0 Å². The van der Waals surface area contributed by atoms with Crippen LogP contribution in [0, 0.1) is 11.6 Å². The minimum absolute atomic E-state index is 0.241. The van der Waals surface area contributed by atoms with Gasteiger partial charge in [-0.3, -0.25) is 0 Å². The van der Waals surface area contributed by atoms with Gasteiger partial charge in [-0.2, -0.15) is 0 Å². The molecule has 2 aliphatic rings. The topological polar surface area (TPSA) is 0 Å². The smallest absolute Gasteiger partial charge is 0.123 e. The molecule has 0 radical (unpaired) electrons. The maximum absolute atomic E-state index is 14.5. The Kier molecular flexibility index (Phi) is 8.21. The van der Waals surface area contributed by atoms with Crippen molar-refractivity contribution in [3.8, 4) is 33.4 Å². The molecule has 2 fully saturated rings. The lowest BCUT2D eigenvalue weighted by Crippen LogP contribution is -2.27. The van der Waals surface area contributed by atoms with E-state index in [0.29, 0.717) is 0 Å². The van der Waals surface area contributed by atoms with Crippen molar-refractivity contribution in [3.63, 3.8) is 0 Å². The van der Waals surface area contributed by atoms with Crippen molar-refractivity contribution in [1.29, 1.82) is 0 Å². The van der Waals surface area contributed by atoms with E-state index in [9.17, 15) is 8.78 Å². The van der Waals surface area contributed by atoms with E-state index in [0.717, 1.165) is 39.1 Å². The monoisotopic (exact) mass is 538 g/mol. The normalized spacial score (nSPS) is 17.0. The summed E-state index contributed by atoms with van der Waals surface area (Å²) in [5, 5.41) is 1.49. The summed E-state index contributed by atoms with van der Waals surface area (Å²) in [5.74, 6) is -0.482. The number of hydrogen-bond donors (Lipinski definition) is 0. The molecule has 0 N–H and O–H groups in total. The van der Waals surface area contributed by atoms with Crippen LogP contribution in [0.2, 0.25) is 0 Å². The second-order valence-electron chi connectivity index (χ2n) is 11.3. The molecule has 0 spiro atoms. The molecule has 0 aromatic heterocycles. The molecule has 3 heteroatoms. The standard InChI is InChI=1S/C36H37F2P/c37-28-14-9-12-26(24-28)32-21-11-22-33(27-13-10-15-29(38)25-27)36(32)34-20-7-8-23-35(34)39(30-16-3-1-4-17-30)31-18-5-2-6-19-31/h7-15,20-25,30-31H,1-6,16-19H2. The molecule has 4 aromatic carbocycles. The van der Waals surface area contributed by atoms with Crippen molar-refractivity contribution >= 4 is 13.2 Å². The molecule has 200 valence electrons. The van der Waals surface area contributed by atoms with Gasteiger partial charge in [0.05, 0.1) is 0 Å². The molecule has 0 amide bonds. The van der Waals surface area contributed by atoms with E-state index in [-0.39, 0.29) is 19.6 Å². The average Bonchev–Trinajstić information content (AvgIpc) is 2.98. The van der Waals surface area contributed by atoms with Crippen LogP contribution in [-0.2, 0) is 0 Å². The Morgan fingerprint density at radius 3 is 1.46 bits per heavy atom. The summed E-state index contributed by atoms with van der Waals surface area (Å²) < 4.78 is 29.0. The predicted molar refractivity (Wildman–Crippen MR) is 163 cm³/mol. The van der Waals surface area contributed by atoms with Gasteiger partial charge in [-0.15, -0.1) is 0 Å². The van der Waals surface area contributed by atoms with Crippen molar-refractivity contribution < 1.29 is 8.78 Å². The highest BCUT2D eigenvalue weighted by molar-refractivity contribution is 7.67. The third-order valence-corrected chi connectivity index (χ3v) is 12.3. The zero-order chi connectivity index (χ0) is 26.6. The van der Waals surface area contributed by atoms with E-state index in [1.165, 1.54) is 87.2 Å². The quantitative estimate of drug-likeness (QED) is 0.214. The Balaban J connectivity index is 1.59. The van der Waals surface area contributed by atoms with Gasteiger partial charge in [0.1, 0.15) is 11.6 Å². The van der Waals surface area contributed by atoms with E-state index < -0.39 is 0 Å². The van der Waals surface area contributed by atoms with Gasteiger partial charge in [0.2, 0.25) is 0 Å². The third-order valence-electron chi connectivity index (χ3n) is 8.72. The van der Waals surface area contributed by atoms with E-state index in [1.807, 2.05) is 18.2 Å². The van der Waals surface area contributed by atoms with Gasteiger partial charge >= 0.3 is 0 Å². The lowest BCUT2D eigenvalue weighted by Gasteiger charge is -2.40. The fraction of sp³-hybridized carbons (Fsp3) is 0.333. The second-order valence-corrected chi connectivity index (χ2v) is 14.0. The molecule has 6 rings (SSSR count). The Bertz CT molecular complexity index is 1330. The van der Waals surface area contributed by atoms with Crippen LogP contribution >= 0.6 is 7.92 Å². The maximum atomic E-state index is 14.5. The Morgan fingerprint density at radius 2 is 0.949 bits per heavy atom. The van der Waals surface area contributed by atoms with Crippen LogP contribution in [-0.4, -0.2) is 11.3 Å². The van der Waals surface area contributed by atoms with Crippen LogP contribution < -0.4 is 5.30 Å². The van der Waals surface area contributed by atoms with Crippen LogP contribution in [0.4, 0.5) is 8.78 Å². The first kappa shape index (κ1) is 26.4. The highest BCUT2D eigenvalue weighted by atomic mass is 31.1. The highest BCUT2D eigenvalue weighted by Gasteiger charge is 2.34. The van der Waals surface area contributed by atoms with Crippen molar-refractivity contribution in [2.75, 3.05) is 0 Å². The molecule has 2 aliphatic carbocycles. The zero-order valence-electron chi connectivity index (χ0n) is 22.6. The van der Waals surface area contributed by atoms with Gasteiger partial charge < -0.3 is 0 Å². The largest absolute Gasteiger partial charge is 0.207 e. The molecule has 0 bridgehead atoms. The van der Waals surface area contributed by atoms with E-state index >= 15 is 0 Å². The maximum Gasteiger partial charge on any atom is 0.123 e. The number of benzene rings is 4. The van der Waals surface area contributed by atoms with Crippen LogP contribution in [0.25, 0.3) is 33.4 Å². The predicted octanol–water partition coefficient (Wildman–Crippen LogP) is 10.7. The van der Waals surface area contributed by atoms with Gasteiger partial charge in [-0.1, -0.05) is 113 Å². The van der Waals surface area contributed by atoms with Crippen LogP contribution in [0.3, 0.4) is 0 Å². The molecule has 0 aliphatic heterocycles. The van der Waals surface area contributed by atoms with Crippen molar-refractivity contribution in [3.05, 3.63) is 103 Å². The summed E-state index contributed by atoms with van der Waals surface area (Å²) in [6.07, 6.45) is 13.4. The lowest BCUT2D eigenvalue weighted by atomic mass is 9.87. The lowest BCUT2D eigenvalue weighted by molar-refractivity contribution is 0.487. The number of rotatable bonds is 6. The molecule has 0 heterocycles. The first-order valence-electron chi connectivity index (χ1n) is 14.7. The van der Waals surface area contributed by atoms with Crippen molar-refractivity contribution in [1.82, 2.24) is 0 Å². The van der Waals surface area contributed by atoms with E-state index in [4.69, 9.17) is 0 Å². The van der Waals surface area contributed by atoms with Gasteiger partial charge in [-0.05, 0) is 100.0 Å². The summed E-state index contributed by atoms with van der Waals surface area (Å²) >= 11 is 0. The number of hydrogen-bond acceptors (Lipinski definition) is 0. The molecular weight excluding hydrogens is 501 g/mol. The summed E-state index contributed by atoms with van der Waals surface area (Å²) in [6, 6.07) is 29.1. The fourth-order valence-electron chi connectivity index (χ4n) is 6.96. The summed E-state index contributed by atoms with van der Waals surface area (Å²) in [5.41, 5.74) is 7.60. The average molecular weight is 539 g/mol. The van der Waals surface area contributed by atoms with Crippen LogP contribution in [0.5, 0.6) is 0 Å². The molecular formula is C36H37F2P. The third kappa shape index (κ3) is 5.73. The summed E-state index contributed by atoms with van der Waals surface area (Å²) in [6.45, 7) is 0. The SMILES string of the molecule is Fc1cccc(-c2cccc(-c3cccc(F)c3)c2-c2ccccc2P(C2CCCCC2)C2CCCCC2)c1. The highest BCUT2D eigenvalue weighted by Crippen LogP contribution is 2.57. The molecule has 39 heavy (non-hydrogen) atoms. The van der Waals surface area contributed by atoms with Crippen molar-refractivity contribution in [2.45, 2.75) is 75.5 Å². The van der Waals surface area contributed by atoms with E-state index in [1.54, 1.807) is 24.3 Å². The summed E-state index contributed by atoms with van der Waals surface area (Å²) in [7, 11) is -0.360. The second kappa shape index (κ2) is 12.1. The minimum Gasteiger partial charge on any atom is -0.207 e. The van der Waals surface area contributed by atoms with Gasteiger partial charge in [0, 0.05) is 0 Å². The van der Waals surface area contributed by atoms with Gasteiger partial charge in [0.15, 0.2) is 0 Å². The molecule has 2 saturated carbocycles. The van der Waals surface area contributed by atoms with Gasteiger partial charge in [0.25, 0.3) is 0 Å². The molecule has 0 saturated heterocycles. The molecule has 4 aromatic rings. The van der Waals surface area contributed by atoms with E-state index in [2.05, 4.69) is 36.4 Å². The molecule has 0 unspecified atom stereocenters. The minimum atomic E-state index is -0.360. The Labute approximate surface area is 233 Å². The zero-order valence-corrected chi connectivity index (χ0v) is 23.5. The Morgan fingerprint density at radius 1 is 0.487 bits per heavy atom. The number of halogens is 2. The van der Waals surface area contributed by atoms with Gasteiger partial charge in [-0.25, -0.2) is 8.78 Å². The summed E-state index contributed by atoms with van der Waals surface area (Å²) in [4.78, 5) is 0. The Hall–Kier alpha value is -2.83. The van der Waals surface area contributed by atoms with Crippen molar-refractivity contribution in [2.24, 2.45) is 0 Å². The molecule has 0 atom stereocenters. The fourth-order valence-corrected chi connectivity index (χ4v) is 10.9. The first-order valence-corrected chi connectivity index (χ1v) is 16.2. The van der Waals surface area contributed by atoms with Crippen LogP contribution in [0.1, 0.15) is 64.2 Å². The first-order chi connectivity index (χ1) is 19.2. The molecule has 0 nitrogen and oxygen atoms in total.